The van der Waals surface area contributed by atoms with Crippen LogP contribution in [0.4, 0.5) is 5.69 Å². The average Bonchev–Trinajstić information content (AvgIpc) is 2.74. The first-order valence-corrected chi connectivity index (χ1v) is 10.6. The molecule has 0 spiro atoms. The van der Waals surface area contributed by atoms with Gasteiger partial charge < -0.3 is 29.9 Å². The summed E-state index contributed by atoms with van der Waals surface area (Å²) in [5.41, 5.74) is 0.901. The Morgan fingerprint density at radius 1 is 1.25 bits per heavy atom. The normalized spacial score (nSPS) is 19.5. The van der Waals surface area contributed by atoms with Crippen LogP contribution in [0.25, 0.3) is 0 Å². The highest BCUT2D eigenvalue weighted by atomic mass is 32.1. The molecule has 0 bridgehead atoms. The van der Waals surface area contributed by atoms with Gasteiger partial charge in [-0.25, -0.2) is 0 Å². The first kappa shape index (κ1) is 20.8. The van der Waals surface area contributed by atoms with Crippen molar-refractivity contribution in [3.8, 4) is 5.75 Å². The number of carbonyl (C=O) groups is 1. The number of rotatable bonds is 7. The fourth-order valence-corrected chi connectivity index (χ4v) is 3.74. The summed E-state index contributed by atoms with van der Waals surface area (Å²) in [5, 5.41) is 6.91. The first-order valence-electron chi connectivity index (χ1n) is 10.2. The van der Waals surface area contributed by atoms with Crippen LogP contribution >= 0.6 is 12.2 Å². The third kappa shape index (κ3) is 5.56. The third-order valence-electron chi connectivity index (χ3n) is 5.04. The Labute approximate surface area is 172 Å². The molecule has 3 rings (SSSR count). The van der Waals surface area contributed by atoms with Crippen LogP contribution in [0.1, 0.15) is 19.8 Å². The van der Waals surface area contributed by atoms with Gasteiger partial charge in [0.05, 0.1) is 32.0 Å². The molecule has 8 heteroatoms. The zero-order valence-electron chi connectivity index (χ0n) is 16.5. The predicted octanol–water partition coefficient (Wildman–Crippen LogP) is -0.0401. The van der Waals surface area contributed by atoms with Gasteiger partial charge in [-0.2, -0.15) is 0 Å². The molecule has 1 fully saturated rings. The van der Waals surface area contributed by atoms with Gasteiger partial charge in [0.2, 0.25) is 0 Å². The molecule has 2 heterocycles. The summed E-state index contributed by atoms with van der Waals surface area (Å²) in [6.45, 7) is 8.88. The van der Waals surface area contributed by atoms with Crippen LogP contribution in [0.3, 0.4) is 0 Å². The van der Waals surface area contributed by atoms with E-state index in [1.54, 1.807) is 4.90 Å². The minimum atomic E-state index is -0.570. The summed E-state index contributed by atoms with van der Waals surface area (Å²) in [6.07, 6.45) is 1.37. The molecule has 0 aromatic heterocycles. The van der Waals surface area contributed by atoms with E-state index in [1.165, 1.54) is 0 Å². The Morgan fingerprint density at radius 2 is 2.04 bits per heavy atom. The van der Waals surface area contributed by atoms with E-state index in [1.807, 2.05) is 36.1 Å². The number of benzene rings is 1. The van der Waals surface area contributed by atoms with Crippen molar-refractivity contribution in [1.29, 1.82) is 0 Å². The number of carbonyl (C=O) groups excluding carboxylic acids is 1. The predicted molar refractivity (Wildman–Crippen MR) is 113 cm³/mol. The second-order valence-electron chi connectivity index (χ2n) is 7.17. The quantitative estimate of drug-likeness (QED) is 0.435. The lowest BCUT2D eigenvalue weighted by Crippen LogP contribution is -3.14. The number of thiocarbonyl (C=S) groups is 1. The Hall–Kier alpha value is -1.90. The number of anilines is 1. The number of ether oxygens (including phenoxy) is 2. The number of para-hydroxylation sites is 2. The molecule has 2 aliphatic rings. The van der Waals surface area contributed by atoms with E-state index in [9.17, 15) is 4.79 Å². The molecule has 2 aliphatic heterocycles. The van der Waals surface area contributed by atoms with Gasteiger partial charge in [0, 0.05) is 19.5 Å². The Morgan fingerprint density at radius 3 is 2.82 bits per heavy atom. The van der Waals surface area contributed by atoms with Crippen LogP contribution in [0.2, 0.25) is 0 Å². The van der Waals surface area contributed by atoms with E-state index >= 15 is 0 Å². The van der Waals surface area contributed by atoms with Gasteiger partial charge in [-0.1, -0.05) is 19.1 Å². The zero-order chi connectivity index (χ0) is 19.8. The van der Waals surface area contributed by atoms with Crippen LogP contribution in [0.15, 0.2) is 24.3 Å². The second-order valence-corrected chi connectivity index (χ2v) is 7.56. The summed E-state index contributed by atoms with van der Waals surface area (Å²) in [5.74, 6) is 0.590. The van der Waals surface area contributed by atoms with Crippen molar-refractivity contribution in [1.82, 2.24) is 10.6 Å². The Bertz CT molecular complexity index is 667. The van der Waals surface area contributed by atoms with E-state index < -0.39 is 6.10 Å². The van der Waals surface area contributed by atoms with E-state index in [0.717, 1.165) is 57.9 Å². The molecule has 154 valence electrons. The number of nitrogens with zero attached hydrogens (tertiary/aromatic N) is 1. The number of nitrogens with one attached hydrogen (secondary N) is 3. The molecule has 0 aliphatic carbocycles. The van der Waals surface area contributed by atoms with Crippen LogP contribution < -0.4 is 25.2 Å². The number of hydrogen-bond donors (Lipinski definition) is 3. The first-order chi connectivity index (χ1) is 13.7. The molecule has 1 saturated heterocycles. The molecule has 1 aromatic rings. The highest BCUT2D eigenvalue weighted by molar-refractivity contribution is 7.80. The van der Waals surface area contributed by atoms with Gasteiger partial charge in [-0.15, -0.1) is 0 Å². The van der Waals surface area contributed by atoms with Gasteiger partial charge in [0.1, 0.15) is 18.8 Å². The Balaban J connectivity index is 1.55. The summed E-state index contributed by atoms with van der Waals surface area (Å²) >= 11 is 5.65. The van der Waals surface area contributed by atoms with E-state index in [4.69, 9.17) is 21.7 Å². The molecule has 28 heavy (non-hydrogen) atoms. The maximum Gasteiger partial charge on any atom is 0.262 e. The van der Waals surface area contributed by atoms with Crippen LogP contribution in [-0.4, -0.2) is 69.6 Å². The van der Waals surface area contributed by atoms with E-state index in [0.29, 0.717) is 24.0 Å². The number of quaternary nitrogens is 1. The van der Waals surface area contributed by atoms with Gasteiger partial charge >= 0.3 is 0 Å². The molecule has 7 nitrogen and oxygen atoms in total. The summed E-state index contributed by atoms with van der Waals surface area (Å²) in [7, 11) is 0. The molecule has 0 radical (unpaired) electrons. The highest BCUT2D eigenvalue weighted by Gasteiger charge is 2.32. The summed E-state index contributed by atoms with van der Waals surface area (Å²) in [4.78, 5) is 16.0. The number of fused-ring (bicyclic) bond motifs is 1. The van der Waals surface area contributed by atoms with Crippen molar-refractivity contribution in [3.63, 3.8) is 0 Å². The van der Waals surface area contributed by atoms with Crippen molar-refractivity contribution in [2.24, 2.45) is 0 Å². The highest BCUT2D eigenvalue weighted by Crippen LogP contribution is 2.33. The lowest BCUT2D eigenvalue weighted by molar-refractivity contribution is -0.908. The lowest BCUT2D eigenvalue weighted by atomic mass is 10.2. The van der Waals surface area contributed by atoms with E-state index in [-0.39, 0.29) is 5.91 Å². The average molecular weight is 408 g/mol. The molecule has 1 amide bonds. The third-order valence-corrected chi connectivity index (χ3v) is 5.41. The summed E-state index contributed by atoms with van der Waals surface area (Å²) in [6, 6.07) is 7.72. The van der Waals surface area contributed by atoms with Gasteiger partial charge in [0.15, 0.2) is 11.2 Å². The number of hydrogen-bond acceptors (Lipinski definition) is 4. The fourth-order valence-electron chi connectivity index (χ4n) is 3.46. The van der Waals surface area contributed by atoms with Gasteiger partial charge in [0.25, 0.3) is 5.91 Å². The molecule has 1 atom stereocenters. The van der Waals surface area contributed by atoms with Crippen LogP contribution in [-0.2, 0) is 9.53 Å². The molecule has 1 aromatic carbocycles. The molecular formula is C20H31N4O3S+. The van der Waals surface area contributed by atoms with Gasteiger partial charge in [-0.3, -0.25) is 4.79 Å². The maximum atomic E-state index is 12.4. The zero-order valence-corrected chi connectivity index (χ0v) is 17.4. The van der Waals surface area contributed by atoms with Crippen molar-refractivity contribution >= 4 is 28.9 Å². The van der Waals surface area contributed by atoms with Crippen molar-refractivity contribution in [2.75, 3.05) is 57.4 Å². The van der Waals surface area contributed by atoms with Crippen molar-refractivity contribution in [3.05, 3.63) is 24.3 Å². The molecule has 0 saturated carbocycles. The smallest absolute Gasteiger partial charge is 0.262 e. The van der Waals surface area contributed by atoms with Crippen LogP contribution in [0.5, 0.6) is 5.75 Å². The topological polar surface area (TPSA) is 67.3 Å². The van der Waals surface area contributed by atoms with Crippen molar-refractivity contribution < 1.29 is 19.2 Å². The minimum absolute atomic E-state index is 0.0972. The van der Waals surface area contributed by atoms with Crippen LogP contribution in [0, 0.1) is 0 Å². The van der Waals surface area contributed by atoms with Gasteiger partial charge in [-0.05, 0) is 30.8 Å². The lowest BCUT2D eigenvalue weighted by Gasteiger charge is -2.35. The molecule has 0 unspecified atom stereocenters. The minimum Gasteiger partial charge on any atom is -0.477 e. The summed E-state index contributed by atoms with van der Waals surface area (Å²) < 4.78 is 11.3. The number of amides is 1. The molecular weight excluding hydrogens is 376 g/mol. The molecule has 3 N–H and O–H groups in total. The van der Waals surface area contributed by atoms with E-state index in [2.05, 4.69) is 10.6 Å². The SMILES string of the molecule is CCCNC(=O)[C@H]1CN(C(=S)NCCC[NH+]2CCOCC2)c2ccccc2O1. The monoisotopic (exact) mass is 407 g/mol. The second kappa shape index (κ2) is 10.6. The Kier molecular flexibility index (Phi) is 7.88. The standard InChI is InChI=1S/C20H30N4O3S/c1-2-8-21-19(25)18-15-24(16-6-3-4-7-17(16)27-18)20(28)22-9-5-10-23-11-13-26-14-12-23/h3-4,6-7,18H,2,5,8-15H2,1H3,(H,21,25)(H,22,28)/p+1/t18-/m1/s1. The van der Waals surface area contributed by atoms with Crippen molar-refractivity contribution in [2.45, 2.75) is 25.9 Å². The maximum absolute atomic E-state index is 12.4. The number of morpholine rings is 1. The fraction of sp³-hybridized carbons (Fsp3) is 0.600. The largest absolute Gasteiger partial charge is 0.477 e.